The minimum atomic E-state index is -0.771. The Hall–Kier alpha value is -2.77. The molecule has 8 heteroatoms. The van der Waals surface area contributed by atoms with Gasteiger partial charge in [0.15, 0.2) is 0 Å². The van der Waals surface area contributed by atoms with Crippen molar-refractivity contribution in [2.75, 3.05) is 43.4 Å². The van der Waals surface area contributed by atoms with Crippen LogP contribution < -0.4 is 15.5 Å². The lowest BCUT2D eigenvalue weighted by molar-refractivity contribution is -0.117. The third-order valence-corrected chi connectivity index (χ3v) is 5.24. The maximum Gasteiger partial charge on any atom is 0.408 e. The van der Waals surface area contributed by atoms with Crippen LogP contribution in [0.5, 0.6) is 0 Å². The molecule has 2 aromatic carbocycles. The van der Waals surface area contributed by atoms with Crippen molar-refractivity contribution in [1.29, 1.82) is 0 Å². The molecular weight excluding hydrogens is 404 g/mol. The molecule has 2 N–H and O–H groups in total. The standard InChI is InChI=1S/C22H27ClN4O3/c1-16(24-22(29)30-15-17-6-4-3-5-7-17)21(28)25-19-14-18(23)8-9-20(19)27-12-10-26(2)11-13-27/h3-9,14,16H,10-13,15H2,1-2H3,(H,24,29)(H,25,28)/t16-/m0/s1. The number of anilines is 2. The predicted octanol–water partition coefficient (Wildman–Crippen LogP) is 3.35. The molecule has 1 saturated heterocycles. The van der Waals surface area contributed by atoms with Crippen LogP contribution in [0.3, 0.4) is 0 Å². The van der Waals surface area contributed by atoms with E-state index in [0.717, 1.165) is 37.4 Å². The minimum Gasteiger partial charge on any atom is -0.445 e. The van der Waals surface area contributed by atoms with Gasteiger partial charge in [-0.15, -0.1) is 0 Å². The number of nitrogens with one attached hydrogen (secondary N) is 2. The van der Waals surface area contributed by atoms with Crippen molar-refractivity contribution < 1.29 is 14.3 Å². The van der Waals surface area contributed by atoms with Crippen LogP contribution in [0.2, 0.25) is 5.02 Å². The quantitative estimate of drug-likeness (QED) is 0.735. The summed E-state index contributed by atoms with van der Waals surface area (Å²) in [5.41, 5.74) is 2.42. The highest BCUT2D eigenvalue weighted by Crippen LogP contribution is 2.30. The summed E-state index contributed by atoms with van der Waals surface area (Å²) >= 11 is 6.16. The second kappa shape index (κ2) is 10.3. The second-order valence-electron chi connectivity index (χ2n) is 7.37. The number of hydrogen-bond donors (Lipinski definition) is 2. The fourth-order valence-corrected chi connectivity index (χ4v) is 3.35. The molecule has 1 heterocycles. The molecule has 0 saturated carbocycles. The molecule has 30 heavy (non-hydrogen) atoms. The molecule has 0 radical (unpaired) electrons. The first kappa shape index (κ1) is 21.9. The Morgan fingerprint density at radius 2 is 1.80 bits per heavy atom. The Bertz CT molecular complexity index is 870. The minimum absolute atomic E-state index is 0.142. The van der Waals surface area contributed by atoms with E-state index in [1.807, 2.05) is 42.5 Å². The molecule has 160 valence electrons. The summed E-state index contributed by atoms with van der Waals surface area (Å²) < 4.78 is 5.18. The largest absolute Gasteiger partial charge is 0.445 e. The number of piperazine rings is 1. The first-order valence-corrected chi connectivity index (χ1v) is 10.3. The van der Waals surface area contributed by atoms with Crippen LogP contribution in [0.25, 0.3) is 0 Å². The molecule has 1 atom stereocenters. The monoisotopic (exact) mass is 430 g/mol. The number of nitrogens with zero attached hydrogens (tertiary/aromatic N) is 2. The summed E-state index contributed by atoms with van der Waals surface area (Å²) in [4.78, 5) is 29.2. The molecule has 3 rings (SSSR count). The summed E-state index contributed by atoms with van der Waals surface area (Å²) in [6, 6.07) is 14.0. The zero-order chi connectivity index (χ0) is 21.5. The van der Waals surface area contributed by atoms with E-state index in [-0.39, 0.29) is 12.5 Å². The van der Waals surface area contributed by atoms with Gasteiger partial charge < -0.3 is 25.2 Å². The second-order valence-corrected chi connectivity index (χ2v) is 7.81. The molecule has 1 aliphatic rings. The van der Waals surface area contributed by atoms with Gasteiger partial charge in [0.2, 0.25) is 5.91 Å². The first-order chi connectivity index (χ1) is 14.4. The highest BCUT2D eigenvalue weighted by molar-refractivity contribution is 6.31. The van der Waals surface area contributed by atoms with Crippen LogP contribution in [0.1, 0.15) is 12.5 Å². The lowest BCUT2D eigenvalue weighted by atomic mass is 10.2. The van der Waals surface area contributed by atoms with Crippen LogP contribution in [0.15, 0.2) is 48.5 Å². The highest BCUT2D eigenvalue weighted by atomic mass is 35.5. The number of carbonyl (C=O) groups excluding carboxylic acids is 2. The van der Waals surface area contributed by atoms with Crippen LogP contribution in [-0.4, -0.2) is 56.2 Å². The van der Waals surface area contributed by atoms with Crippen LogP contribution in [0.4, 0.5) is 16.2 Å². The number of benzene rings is 2. The predicted molar refractivity (Wildman–Crippen MR) is 119 cm³/mol. The van der Waals surface area contributed by atoms with Crippen molar-refractivity contribution in [3.63, 3.8) is 0 Å². The van der Waals surface area contributed by atoms with Crippen molar-refractivity contribution in [1.82, 2.24) is 10.2 Å². The van der Waals surface area contributed by atoms with E-state index < -0.39 is 12.1 Å². The van der Waals surface area contributed by atoms with Gasteiger partial charge in [-0.1, -0.05) is 41.9 Å². The zero-order valence-electron chi connectivity index (χ0n) is 17.2. The van der Waals surface area contributed by atoms with Gasteiger partial charge in [-0.3, -0.25) is 4.79 Å². The van der Waals surface area contributed by atoms with Crippen molar-refractivity contribution in [2.24, 2.45) is 0 Å². The molecule has 1 fully saturated rings. The van der Waals surface area contributed by atoms with Gasteiger partial charge in [0.25, 0.3) is 0 Å². The number of halogens is 1. The molecule has 1 aliphatic heterocycles. The van der Waals surface area contributed by atoms with Crippen LogP contribution in [0, 0.1) is 0 Å². The number of hydrogen-bond acceptors (Lipinski definition) is 5. The highest BCUT2D eigenvalue weighted by Gasteiger charge is 2.21. The van der Waals surface area contributed by atoms with Crippen molar-refractivity contribution in [2.45, 2.75) is 19.6 Å². The maximum absolute atomic E-state index is 12.7. The Balaban J connectivity index is 1.58. The van der Waals surface area contributed by atoms with Gasteiger partial charge in [0, 0.05) is 31.2 Å². The molecule has 0 spiro atoms. The fourth-order valence-electron chi connectivity index (χ4n) is 3.18. The molecule has 0 aliphatic carbocycles. The zero-order valence-corrected chi connectivity index (χ0v) is 18.0. The summed E-state index contributed by atoms with van der Waals surface area (Å²) in [6.45, 7) is 5.37. The third-order valence-electron chi connectivity index (χ3n) is 5.00. The van der Waals surface area contributed by atoms with Crippen molar-refractivity contribution >= 4 is 35.0 Å². The van der Waals surface area contributed by atoms with Gasteiger partial charge in [0.1, 0.15) is 12.6 Å². The third kappa shape index (κ3) is 6.11. The van der Waals surface area contributed by atoms with Gasteiger partial charge >= 0.3 is 6.09 Å². The molecular formula is C22H27ClN4O3. The van der Waals surface area contributed by atoms with E-state index in [1.165, 1.54) is 0 Å². The molecule has 7 nitrogen and oxygen atoms in total. The van der Waals surface area contributed by atoms with E-state index >= 15 is 0 Å². The van der Waals surface area contributed by atoms with E-state index in [0.29, 0.717) is 10.7 Å². The molecule has 2 amide bonds. The Kier molecular flexibility index (Phi) is 7.54. The van der Waals surface area contributed by atoms with Gasteiger partial charge in [-0.2, -0.15) is 0 Å². The summed E-state index contributed by atoms with van der Waals surface area (Å²) in [6.07, 6.45) is -0.646. The van der Waals surface area contributed by atoms with Crippen molar-refractivity contribution in [3.05, 3.63) is 59.1 Å². The van der Waals surface area contributed by atoms with Crippen LogP contribution >= 0.6 is 11.6 Å². The fraction of sp³-hybridized carbons (Fsp3) is 0.364. The lowest BCUT2D eigenvalue weighted by Gasteiger charge is -2.35. The summed E-state index contributed by atoms with van der Waals surface area (Å²) in [5, 5.41) is 5.99. The molecule has 0 unspecified atom stereocenters. The normalized spacial score (nSPS) is 15.4. The molecule has 2 aromatic rings. The van der Waals surface area contributed by atoms with Gasteiger partial charge in [-0.05, 0) is 37.7 Å². The topological polar surface area (TPSA) is 73.9 Å². The SMILES string of the molecule is C[C@H](NC(=O)OCc1ccccc1)C(=O)Nc1cc(Cl)ccc1N1CCN(C)CC1. The first-order valence-electron chi connectivity index (χ1n) is 9.93. The Labute approximate surface area is 181 Å². The van der Waals surface area contributed by atoms with E-state index in [1.54, 1.807) is 13.0 Å². The number of alkyl carbamates (subject to hydrolysis) is 1. The van der Waals surface area contributed by atoms with Crippen molar-refractivity contribution in [3.8, 4) is 0 Å². The summed E-state index contributed by atoms with van der Waals surface area (Å²) in [5.74, 6) is -0.343. The van der Waals surface area contributed by atoms with E-state index in [2.05, 4.69) is 27.5 Å². The molecule has 0 bridgehead atoms. The van der Waals surface area contributed by atoms with E-state index in [4.69, 9.17) is 16.3 Å². The molecule has 0 aromatic heterocycles. The number of rotatable bonds is 6. The average Bonchev–Trinajstić information content (AvgIpc) is 2.74. The Morgan fingerprint density at radius 3 is 2.50 bits per heavy atom. The van der Waals surface area contributed by atoms with Gasteiger partial charge in [-0.25, -0.2) is 4.79 Å². The number of amides is 2. The average molecular weight is 431 g/mol. The summed E-state index contributed by atoms with van der Waals surface area (Å²) in [7, 11) is 2.09. The number of carbonyl (C=O) groups is 2. The number of ether oxygens (including phenoxy) is 1. The van der Waals surface area contributed by atoms with Gasteiger partial charge in [0.05, 0.1) is 11.4 Å². The maximum atomic E-state index is 12.7. The Morgan fingerprint density at radius 1 is 1.10 bits per heavy atom. The van der Waals surface area contributed by atoms with Crippen LogP contribution in [-0.2, 0) is 16.1 Å². The van der Waals surface area contributed by atoms with E-state index in [9.17, 15) is 9.59 Å². The lowest BCUT2D eigenvalue weighted by Crippen LogP contribution is -2.45. The smallest absolute Gasteiger partial charge is 0.408 e. The number of likely N-dealkylation sites (N-methyl/N-ethyl adjacent to an activating group) is 1.